The van der Waals surface area contributed by atoms with Gasteiger partial charge in [0.15, 0.2) is 0 Å². The number of rotatable bonds is 1. The van der Waals surface area contributed by atoms with Crippen LogP contribution in [0.1, 0.15) is 12.8 Å². The molecule has 0 saturated heterocycles. The Morgan fingerprint density at radius 2 is 2.11 bits per heavy atom. The third kappa shape index (κ3) is 1.71. The summed E-state index contributed by atoms with van der Waals surface area (Å²) in [5.41, 5.74) is 1.09. The third-order valence-corrected chi connectivity index (χ3v) is 2.19. The zero-order valence-electron chi connectivity index (χ0n) is 5.10. The number of halogens is 1. The van der Waals surface area contributed by atoms with Gasteiger partial charge in [0.25, 0.3) is 0 Å². The molecule has 0 aromatic heterocycles. The molecule has 0 aliphatic heterocycles. The monoisotopic (exact) mass is 236 g/mol. The van der Waals surface area contributed by atoms with Crippen LogP contribution in [-0.4, -0.2) is 9.53 Å². The van der Waals surface area contributed by atoms with E-state index in [9.17, 15) is 0 Å². The maximum atomic E-state index is 9.16. The van der Waals surface area contributed by atoms with Crippen LogP contribution in [0.2, 0.25) is 0 Å². The Labute approximate surface area is 68.6 Å². The summed E-state index contributed by atoms with van der Waals surface area (Å²) in [7, 11) is 0. The minimum absolute atomic E-state index is 0.482. The second kappa shape index (κ2) is 3.25. The van der Waals surface area contributed by atoms with Crippen molar-refractivity contribution in [3.8, 4) is 0 Å². The second-order valence-corrected chi connectivity index (χ2v) is 2.79. The van der Waals surface area contributed by atoms with Gasteiger partial charge in [0, 0.05) is 4.43 Å². The molecule has 2 heteroatoms. The molecule has 1 N–H and O–H groups in total. The highest BCUT2D eigenvalue weighted by atomic mass is 127. The highest BCUT2D eigenvalue weighted by Gasteiger charge is 2.03. The van der Waals surface area contributed by atoms with Crippen LogP contribution < -0.4 is 0 Å². The number of allylic oxidation sites excluding steroid dienone is 3. The van der Waals surface area contributed by atoms with E-state index in [1.807, 2.05) is 6.08 Å². The fourth-order valence-electron chi connectivity index (χ4n) is 0.836. The van der Waals surface area contributed by atoms with E-state index in [4.69, 9.17) is 5.11 Å². The molecule has 0 aromatic carbocycles. The summed E-state index contributed by atoms with van der Waals surface area (Å²) in [5.74, 6) is 0.482. The number of hydrogen-bond donors (Lipinski definition) is 1. The van der Waals surface area contributed by atoms with Crippen LogP contribution in [0.3, 0.4) is 0 Å². The van der Waals surface area contributed by atoms with Crippen LogP contribution in [0.4, 0.5) is 0 Å². The summed E-state index contributed by atoms with van der Waals surface area (Å²) in [6.45, 7) is 0. The first kappa shape index (κ1) is 7.12. The average molecular weight is 236 g/mol. The number of aliphatic hydroxyl groups is 1. The second-order valence-electron chi connectivity index (χ2n) is 2.03. The van der Waals surface area contributed by atoms with Crippen molar-refractivity contribution < 1.29 is 5.11 Å². The molecular weight excluding hydrogens is 227 g/mol. The lowest BCUT2D eigenvalue weighted by Gasteiger charge is -2.06. The Bertz CT molecular complexity index is 158. The molecule has 0 fully saturated rings. The van der Waals surface area contributed by atoms with Crippen LogP contribution in [-0.2, 0) is 0 Å². The molecule has 0 heterocycles. The van der Waals surface area contributed by atoms with Gasteiger partial charge in [0.1, 0.15) is 5.76 Å². The molecule has 0 spiro atoms. The van der Waals surface area contributed by atoms with Gasteiger partial charge in [-0.15, -0.1) is 0 Å². The zero-order chi connectivity index (χ0) is 6.69. The van der Waals surface area contributed by atoms with E-state index in [2.05, 4.69) is 28.7 Å². The van der Waals surface area contributed by atoms with Crippen LogP contribution in [0.5, 0.6) is 0 Å². The topological polar surface area (TPSA) is 20.2 Å². The van der Waals surface area contributed by atoms with Gasteiger partial charge in [-0.05, 0) is 24.5 Å². The molecule has 1 rings (SSSR count). The van der Waals surface area contributed by atoms with Crippen molar-refractivity contribution in [2.24, 2.45) is 0 Å². The van der Waals surface area contributed by atoms with Gasteiger partial charge < -0.3 is 5.11 Å². The normalized spacial score (nSPS) is 18.8. The maximum Gasteiger partial charge on any atom is 0.115 e. The zero-order valence-corrected chi connectivity index (χ0v) is 7.26. The third-order valence-electron chi connectivity index (χ3n) is 1.37. The van der Waals surface area contributed by atoms with Gasteiger partial charge in [0.2, 0.25) is 0 Å². The highest BCUT2D eigenvalue weighted by Crippen LogP contribution is 2.17. The van der Waals surface area contributed by atoms with Crippen molar-refractivity contribution in [2.75, 3.05) is 4.43 Å². The van der Waals surface area contributed by atoms with Crippen molar-refractivity contribution >= 4 is 22.6 Å². The van der Waals surface area contributed by atoms with E-state index in [0.29, 0.717) is 5.76 Å². The first-order valence-corrected chi connectivity index (χ1v) is 4.51. The fourth-order valence-corrected chi connectivity index (χ4v) is 1.54. The van der Waals surface area contributed by atoms with Crippen LogP contribution in [0, 0.1) is 0 Å². The van der Waals surface area contributed by atoms with Crippen molar-refractivity contribution in [1.82, 2.24) is 0 Å². The lowest BCUT2D eigenvalue weighted by molar-refractivity contribution is 0.418. The lowest BCUT2D eigenvalue weighted by atomic mass is 10.1. The quantitative estimate of drug-likeness (QED) is 0.548. The van der Waals surface area contributed by atoms with Crippen LogP contribution in [0.25, 0.3) is 0 Å². The molecule has 0 radical (unpaired) electrons. The standard InChI is InChI=1S/C7H9IO/c8-5-6-3-1-2-4-7(6)9/h3-4,9H,1-2,5H2. The van der Waals surface area contributed by atoms with Crippen LogP contribution >= 0.6 is 22.6 Å². The van der Waals surface area contributed by atoms with Gasteiger partial charge in [0.05, 0.1) is 0 Å². The van der Waals surface area contributed by atoms with Gasteiger partial charge in [-0.1, -0.05) is 28.7 Å². The Hall–Kier alpha value is 0.01000. The molecule has 0 bridgehead atoms. The number of alkyl halides is 1. The van der Waals surface area contributed by atoms with Crippen molar-refractivity contribution in [3.05, 3.63) is 23.5 Å². The molecule has 1 nitrogen and oxygen atoms in total. The SMILES string of the molecule is OC1=CCCC=C1CI. The summed E-state index contributed by atoms with van der Waals surface area (Å²) in [6, 6.07) is 0. The Morgan fingerprint density at radius 3 is 2.56 bits per heavy atom. The fraction of sp³-hybridized carbons (Fsp3) is 0.429. The molecule has 0 saturated carbocycles. The van der Waals surface area contributed by atoms with Gasteiger partial charge in [-0.3, -0.25) is 0 Å². The molecule has 50 valence electrons. The lowest BCUT2D eigenvalue weighted by Crippen LogP contribution is -1.94. The minimum atomic E-state index is 0.482. The summed E-state index contributed by atoms with van der Waals surface area (Å²) in [6.07, 6.45) is 6.06. The Morgan fingerprint density at radius 1 is 1.44 bits per heavy atom. The summed E-state index contributed by atoms with van der Waals surface area (Å²) < 4.78 is 0.917. The van der Waals surface area contributed by atoms with Gasteiger partial charge >= 0.3 is 0 Å². The van der Waals surface area contributed by atoms with Crippen molar-refractivity contribution in [2.45, 2.75) is 12.8 Å². The average Bonchev–Trinajstić information content (AvgIpc) is 1.89. The molecule has 1 aliphatic carbocycles. The minimum Gasteiger partial charge on any atom is -0.508 e. The van der Waals surface area contributed by atoms with E-state index < -0.39 is 0 Å². The van der Waals surface area contributed by atoms with E-state index in [1.54, 1.807) is 0 Å². The maximum absolute atomic E-state index is 9.16. The highest BCUT2D eigenvalue weighted by molar-refractivity contribution is 14.1. The molecule has 9 heavy (non-hydrogen) atoms. The van der Waals surface area contributed by atoms with E-state index >= 15 is 0 Å². The first-order valence-electron chi connectivity index (χ1n) is 2.99. The van der Waals surface area contributed by atoms with Crippen LogP contribution in [0.15, 0.2) is 23.5 Å². The molecule has 0 amide bonds. The molecule has 0 atom stereocenters. The summed E-state index contributed by atoms with van der Waals surface area (Å²) in [5, 5.41) is 9.16. The van der Waals surface area contributed by atoms with Crippen molar-refractivity contribution in [3.63, 3.8) is 0 Å². The number of hydrogen-bond acceptors (Lipinski definition) is 1. The first-order chi connectivity index (χ1) is 4.34. The smallest absolute Gasteiger partial charge is 0.115 e. The predicted octanol–water partition coefficient (Wildman–Crippen LogP) is 2.58. The Kier molecular flexibility index (Phi) is 2.57. The van der Waals surface area contributed by atoms with E-state index in [0.717, 1.165) is 22.8 Å². The number of aliphatic hydroxyl groups excluding tert-OH is 1. The molecule has 0 unspecified atom stereocenters. The molecule has 0 aromatic rings. The van der Waals surface area contributed by atoms with Gasteiger partial charge in [-0.2, -0.15) is 0 Å². The van der Waals surface area contributed by atoms with Gasteiger partial charge in [-0.25, -0.2) is 0 Å². The van der Waals surface area contributed by atoms with Crippen molar-refractivity contribution in [1.29, 1.82) is 0 Å². The predicted molar refractivity (Wildman–Crippen MR) is 46.9 cm³/mol. The molecular formula is C7H9IO. The Balaban J connectivity index is 2.68. The molecule has 1 aliphatic rings. The van der Waals surface area contributed by atoms with E-state index in [-0.39, 0.29) is 0 Å². The largest absolute Gasteiger partial charge is 0.508 e. The summed E-state index contributed by atoms with van der Waals surface area (Å²) >= 11 is 2.25. The van der Waals surface area contributed by atoms with E-state index in [1.165, 1.54) is 0 Å². The summed E-state index contributed by atoms with van der Waals surface area (Å²) in [4.78, 5) is 0.